The lowest BCUT2D eigenvalue weighted by atomic mass is 9.94. The van der Waals surface area contributed by atoms with Gasteiger partial charge in [-0.15, -0.1) is 0 Å². The highest BCUT2D eigenvalue weighted by molar-refractivity contribution is 9.10. The van der Waals surface area contributed by atoms with Crippen molar-refractivity contribution in [1.29, 1.82) is 0 Å². The predicted octanol–water partition coefficient (Wildman–Crippen LogP) is 3.16. The number of benzene rings is 1. The molecule has 2 rings (SSSR count). The van der Waals surface area contributed by atoms with E-state index in [9.17, 15) is 0 Å². The van der Waals surface area contributed by atoms with Gasteiger partial charge in [0, 0.05) is 16.9 Å². The summed E-state index contributed by atoms with van der Waals surface area (Å²) in [6, 6.07) is 8.59. The molecule has 0 heterocycles. The molecule has 1 aromatic carbocycles. The highest BCUT2D eigenvalue weighted by Crippen LogP contribution is 2.43. The molecule has 1 aliphatic rings. The van der Waals surface area contributed by atoms with Crippen LogP contribution < -0.4 is 5.32 Å². The normalized spacial score (nSPS) is 18.1. The van der Waals surface area contributed by atoms with Gasteiger partial charge in [-0.1, -0.05) is 34.1 Å². The fraction of sp³-hybridized carbons (Fsp3) is 0.500. The molecule has 0 aliphatic heterocycles. The van der Waals surface area contributed by atoms with E-state index in [-0.39, 0.29) is 0 Å². The minimum absolute atomic E-state index is 0.690. The van der Waals surface area contributed by atoms with Crippen molar-refractivity contribution in [3.05, 3.63) is 34.3 Å². The van der Waals surface area contributed by atoms with E-state index < -0.39 is 0 Å². The summed E-state index contributed by atoms with van der Waals surface area (Å²) in [4.78, 5) is 0. The Hall–Kier alpha value is -0.340. The van der Waals surface area contributed by atoms with Gasteiger partial charge in [0.15, 0.2) is 0 Å². The van der Waals surface area contributed by atoms with E-state index in [1.807, 2.05) is 7.05 Å². The Balaban J connectivity index is 2.21. The summed E-state index contributed by atoms with van der Waals surface area (Å²) < 4.78 is 1.26. The maximum Gasteiger partial charge on any atom is 0.0210 e. The first-order valence-corrected chi connectivity index (χ1v) is 6.01. The summed E-state index contributed by atoms with van der Waals surface area (Å²) in [6.45, 7) is 1.09. The van der Waals surface area contributed by atoms with Crippen LogP contribution in [-0.4, -0.2) is 13.6 Å². The van der Waals surface area contributed by atoms with Gasteiger partial charge in [-0.3, -0.25) is 0 Å². The molecule has 1 atom stereocenters. The molecule has 2 heteroatoms. The third kappa shape index (κ3) is 2.18. The second-order valence-electron chi connectivity index (χ2n) is 4.02. The largest absolute Gasteiger partial charge is 0.319 e. The van der Waals surface area contributed by atoms with Gasteiger partial charge in [0.1, 0.15) is 0 Å². The average Bonchev–Trinajstić information content (AvgIpc) is 2.99. The molecule has 1 aliphatic carbocycles. The molecular formula is C12H16BrN. The third-order valence-electron chi connectivity index (χ3n) is 2.92. The number of nitrogens with one attached hydrogen (secondary N) is 1. The molecule has 1 fully saturated rings. The molecule has 0 radical (unpaired) electrons. The van der Waals surface area contributed by atoms with Gasteiger partial charge in [-0.2, -0.15) is 0 Å². The van der Waals surface area contributed by atoms with Crippen molar-refractivity contribution in [2.24, 2.45) is 5.92 Å². The van der Waals surface area contributed by atoms with Crippen LogP contribution in [0.4, 0.5) is 0 Å². The van der Waals surface area contributed by atoms with Gasteiger partial charge in [0.2, 0.25) is 0 Å². The van der Waals surface area contributed by atoms with Crippen LogP contribution in [0.25, 0.3) is 0 Å². The molecule has 1 unspecified atom stereocenters. The first kappa shape index (κ1) is 10.2. The van der Waals surface area contributed by atoms with Gasteiger partial charge in [-0.05, 0) is 37.4 Å². The number of hydrogen-bond acceptors (Lipinski definition) is 1. The predicted molar refractivity (Wildman–Crippen MR) is 63.5 cm³/mol. The lowest BCUT2D eigenvalue weighted by Crippen LogP contribution is -2.19. The maximum absolute atomic E-state index is 3.64. The maximum atomic E-state index is 3.64. The zero-order chi connectivity index (χ0) is 9.97. The number of likely N-dealkylation sites (N-methyl/N-ethyl adjacent to an activating group) is 1. The van der Waals surface area contributed by atoms with E-state index in [0.29, 0.717) is 5.92 Å². The summed E-state index contributed by atoms with van der Waals surface area (Å²) in [5, 5.41) is 3.29. The Labute approximate surface area is 94.0 Å². The second kappa shape index (κ2) is 4.45. The van der Waals surface area contributed by atoms with Crippen LogP contribution in [0.5, 0.6) is 0 Å². The molecule has 76 valence electrons. The minimum atomic E-state index is 0.690. The first-order valence-electron chi connectivity index (χ1n) is 5.22. The summed E-state index contributed by atoms with van der Waals surface area (Å²) in [5.74, 6) is 1.59. The van der Waals surface area contributed by atoms with Crippen molar-refractivity contribution >= 4 is 15.9 Å². The zero-order valence-corrected chi connectivity index (χ0v) is 10.0. The van der Waals surface area contributed by atoms with E-state index in [0.717, 1.165) is 12.5 Å². The molecule has 0 spiro atoms. The van der Waals surface area contributed by atoms with Crippen molar-refractivity contribution in [2.75, 3.05) is 13.6 Å². The van der Waals surface area contributed by atoms with Crippen molar-refractivity contribution in [1.82, 2.24) is 5.32 Å². The molecule has 14 heavy (non-hydrogen) atoms. The van der Waals surface area contributed by atoms with Crippen molar-refractivity contribution < 1.29 is 0 Å². The molecule has 0 bridgehead atoms. The Kier molecular flexibility index (Phi) is 3.24. The molecule has 0 aromatic heterocycles. The molecule has 1 nitrogen and oxygen atoms in total. The Morgan fingerprint density at radius 2 is 2.14 bits per heavy atom. The van der Waals surface area contributed by atoms with E-state index in [1.54, 1.807) is 0 Å². The molecule has 0 saturated heterocycles. The van der Waals surface area contributed by atoms with Crippen LogP contribution in [0.1, 0.15) is 24.3 Å². The molecule has 1 aromatic rings. The first-order chi connectivity index (χ1) is 6.83. The summed E-state index contributed by atoms with van der Waals surface area (Å²) >= 11 is 3.64. The van der Waals surface area contributed by atoms with E-state index in [1.165, 1.54) is 22.9 Å². The second-order valence-corrected chi connectivity index (χ2v) is 4.88. The van der Waals surface area contributed by atoms with Crippen LogP contribution in [0, 0.1) is 5.92 Å². The summed E-state index contributed by atoms with van der Waals surface area (Å²) in [6.07, 6.45) is 2.79. The molecule has 1 saturated carbocycles. The molecular weight excluding hydrogens is 238 g/mol. The Morgan fingerprint density at radius 3 is 2.71 bits per heavy atom. The number of halogens is 1. The summed E-state index contributed by atoms with van der Waals surface area (Å²) in [5.41, 5.74) is 1.46. The van der Waals surface area contributed by atoms with Crippen molar-refractivity contribution in [3.8, 4) is 0 Å². The number of rotatable bonds is 4. The smallest absolute Gasteiger partial charge is 0.0210 e. The van der Waals surface area contributed by atoms with E-state index in [4.69, 9.17) is 0 Å². The van der Waals surface area contributed by atoms with Gasteiger partial charge < -0.3 is 5.32 Å². The van der Waals surface area contributed by atoms with Crippen LogP contribution in [0.2, 0.25) is 0 Å². The van der Waals surface area contributed by atoms with Crippen molar-refractivity contribution in [3.63, 3.8) is 0 Å². The van der Waals surface area contributed by atoms with Crippen LogP contribution in [0.3, 0.4) is 0 Å². The Bertz CT molecular complexity index is 307. The zero-order valence-electron chi connectivity index (χ0n) is 8.46. The third-order valence-corrected chi connectivity index (χ3v) is 3.64. The highest BCUT2D eigenvalue weighted by atomic mass is 79.9. The molecule has 1 N–H and O–H groups in total. The van der Waals surface area contributed by atoms with E-state index >= 15 is 0 Å². The monoisotopic (exact) mass is 253 g/mol. The van der Waals surface area contributed by atoms with Crippen LogP contribution >= 0.6 is 15.9 Å². The van der Waals surface area contributed by atoms with Gasteiger partial charge in [-0.25, -0.2) is 0 Å². The number of hydrogen-bond donors (Lipinski definition) is 1. The van der Waals surface area contributed by atoms with Gasteiger partial charge >= 0.3 is 0 Å². The topological polar surface area (TPSA) is 12.0 Å². The van der Waals surface area contributed by atoms with E-state index in [2.05, 4.69) is 45.5 Å². The van der Waals surface area contributed by atoms with Crippen LogP contribution in [-0.2, 0) is 0 Å². The van der Waals surface area contributed by atoms with Crippen molar-refractivity contribution in [2.45, 2.75) is 18.8 Å². The SMILES string of the molecule is CNCC(c1ccccc1Br)C1CC1. The summed E-state index contributed by atoms with van der Waals surface area (Å²) in [7, 11) is 2.03. The highest BCUT2D eigenvalue weighted by Gasteiger charge is 2.32. The Morgan fingerprint density at radius 1 is 1.43 bits per heavy atom. The lowest BCUT2D eigenvalue weighted by Gasteiger charge is -2.17. The fourth-order valence-electron chi connectivity index (χ4n) is 2.02. The van der Waals surface area contributed by atoms with Gasteiger partial charge in [0.05, 0.1) is 0 Å². The lowest BCUT2D eigenvalue weighted by molar-refractivity contribution is 0.565. The minimum Gasteiger partial charge on any atom is -0.319 e. The average molecular weight is 254 g/mol. The standard InChI is InChI=1S/C12H16BrN/c1-14-8-11(9-6-7-9)10-4-2-3-5-12(10)13/h2-5,9,11,14H,6-8H2,1H3. The van der Waals surface area contributed by atoms with Crippen LogP contribution in [0.15, 0.2) is 28.7 Å². The quantitative estimate of drug-likeness (QED) is 0.870. The van der Waals surface area contributed by atoms with Gasteiger partial charge in [0.25, 0.3) is 0 Å². The fourth-order valence-corrected chi connectivity index (χ4v) is 2.60. The molecule has 0 amide bonds.